The van der Waals surface area contributed by atoms with Gasteiger partial charge >= 0.3 is 6.09 Å². The van der Waals surface area contributed by atoms with Crippen LogP contribution in [0.15, 0.2) is 6.20 Å². The van der Waals surface area contributed by atoms with Gasteiger partial charge < -0.3 is 15.0 Å². The molecule has 0 saturated carbocycles. The Balaban J connectivity index is 1.66. The van der Waals surface area contributed by atoms with Crippen LogP contribution in [0, 0.1) is 6.92 Å². The average Bonchev–Trinajstić information content (AvgIpc) is 3.15. The summed E-state index contributed by atoms with van der Waals surface area (Å²) in [6, 6.07) is 0.255. The molecule has 6 nitrogen and oxygen atoms in total. The first-order valence-electron chi connectivity index (χ1n) is 8.58. The SMILES string of the molecule is Cc1c(C2CCNC2)cnn1C1CCN(C(=O)OC(C)(C)C)C1. The van der Waals surface area contributed by atoms with E-state index in [0.29, 0.717) is 12.5 Å². The number of ether oxygens (including phenoxy) is 1. The zero-order valence-electron chi connectivity index (χ0n) is 14.6. The van der Waals surface area contributed by atoms with Gasteiger partial charge in [-0.1, -0.05) is 0 Å². The average molecular weight is 320 g/mol. The van der Waals surface area contributed by atoms with Crippen LogP contribution >= 0.6 is 0 Å². The van der Waals surface area contributed by atoms with E-state index in [-0.39, 0.29) is 12.1 Å². The first kappa shape index (κ1) is 16.3. The smallest absolute Gasteiger partial charge is 0.410 e. The van der Waals surface area contributed by atoms with E-state index in [1.165, 1.54) is 17.7 Å². The van der Waals surface area contributed by atoms with Crippen LogP contribution in [0.3, 0.4) is 0 Å². The molecule has 2 saturated heterocycles. The summed E-state index contributed by atoms with van der Waals surface area (Å²) in [5.74, 6) is 0.576. The van der Waals surface area contributed by atoms with Gasteiger partial charge in [0.05, 0.1) is 12.2 Å². The lowest BCUT2D eigenvalue weighted by molar-refractivity contribution is 0.0288. The summed E-state index contributed by atoms with van der Waals surface area (Å²) in [6.07, 6.45) is 3.92. The van der Waals surface area contributed by atoms with Crippen molar-refractivity contribution in [3.63, 3.8) is 0 Å². The van der Waals surface area contributed by atoms with Crippen molar-refractivity contribution in [3.05, 3.63) is 17.5 Å². The molecule has 0 bridgehead atoms. The Labute approximate surface area is 138 Å². The largest absolute Gasteiger partial charge is 0.444 e. The number of aromatic nitrogens is 2. The molecule has 6 heteroatoms. The Morgan fingerprint density at radius 2 is 2.17 bits per heavy atom. The Morgan fingerprint density at radius 1 is 1.39 bits per heavy atom. The standard InChI is InChI=1S/C17H28N4O2/c1-12-15(13-5-7-18-9-13)10-19-21(12)14-6-8-20(11-14)16(22)23-17(2,3)4/h10,13-14,18H,5-9,11H2,1-4H3. The molecule has 2 aliphatic heterocycles. The number of nitrogens with one attached hydrogen (secondary N) is 1. The third-order valence-corrected chi connectivity index (χ3v) is 4.74. The highest BCUT2D eigenvalue weighted by molar-refractivity contribution is 5.68. The van der Waals surface area contributed by atoms with E-state index >= 15 is 0 Å². The number of hydrogen-bond donors (Lipinski definition) is 1. The molecule has 2 aliphatic rings. The third kappa shape index (κ3) is 3.52. The Hall–Kier alpha value is -1.56. The molecule has 128 valence electrons. The van der Waals surface area contributed by atoms with E-state index in [1.807, 2.05) is 27.0 Å². The van der Waals surface area contributed by atoms with E-state index in [0.717, 1.165) is 26.1 Å². The molecule has 1 N–H and O–H groups in total. The third-order valence-electron chi connectivity index (χ3n) is 4.74. The van der Waals surface area contributed by atoms with E-state index < -0.39 is 5.60 Å². The van der Waals surface area contributed by atoms with Crippen LogP contribution in [0.1, 0.15) is 56.8 Å². The number of hydrogen-bond acceptors (Lipinski definition) is 4. The van der Waals surface area contributed by atoms with Crippen molar-refractivity contribution in [1.29, 1.82) is 0 Å². The normalized spacial score (nSPS) is 25.1. The number of nitrogens with zero attached hydrogens (tertiary/aromatic N) is 3. The van der Waals surface area contributed by atoms with Crippen molar-refractivity contribution < 1.29 is 9.53 Å². The second kappa shape index (κ2) is 6.15. The number of carbonyl (C=O) groups is 1. The second-order valence-corrected chi connectivity index (χ2v) is 7.69. The summed E-state index contributed by atoms with van der Waals surface area (Å²) in [6.45, 7) is 11.4. The topological polar surface area (TPSA) is 59.4 Å². The van der Waals surface area contributed by atoms with Crippen molar-refractivity contribution in [2.24, 2.45) is 0 Å². The van der Waals surface area contributed by atoms with Gasteiger partial charge in [0, 0.05) is 31.2 Å². The minimum atomic E-state index is -0.445. The molecular formula is C17H28N4O2. The van der Waals surface area contributed by atoms with Gasteiger partial charge in [-0.05, 0) is 52.6 Å². The molecule has 2 unspecified atom stereocenters. The van der Waals surface area contributed by atoms with Crippen LogP contribution in [0.4, 0.5) is 4.79 Å². The number of carbonyl (C=O) groups excluding carboxylic acids is 1. The van der Waals surface area contributed by atoms with Gasteiger partial charge in [0.2, 0.25) is 0 Å². The lowest BCUT2D eigenvalue weighted by atomic mass is 9.99. The summed E-state index contributed by atoms with van der Waals surface area (Å²) >= 11 is 0. The Morgan fingerprint density at radius 3 is 2.83 bits per heavy atom. The van der Waals surface area contributed by atoms with Gasteiger partial charge in [0.25, 0.3) is 0 Å². The van der Waals surface area contributed by atoms with Crippen molar-refractivity contribution in [3.8, 4) is 0 Å². The Kier molecular flexibility index (Phi) is 4.36. The van der Waals surface area contributed by atoms with Crippen LogP contribution in [0.25, 0.3) is 0 Å². The van der Waals surface area contributed by atoms with Gasteiger partial charge in [-0.15, -0.1) is 0 Å². The summed E-state index contributed by atoms with van der Waals surface area (Å²) in [7, 11) is 0. The lowest BCUT2D eigenvalue weighted by Gasteiger charge is -2.24. The van der Waals surface area contributed by atoms with Crippen LogP contribution < -0.4 is 5.32 Å². The van der Waals surface area contributed by atoms with E-state index in [1.54, 1.807) is 4.90 Å². The van der Waals surface area contributed by atoms with E-state index in [2.05, 4.69) is 22.0 Å². The fourth-order valence-corrected chi connectivity index (χ4v) is 3.56. The molecule has 1 aromatic rings. The molecule has 3 heterocycles. The molecule has 0 radical (unpaired) electrons. The van der Waals surface area contributed by atoms with E-state index in [9.17, 15) is 4.79 Å². The van der Waals surface area contributed by atoms with Gasteiger partial charge in [0.1, 0.15) is 5.60 Å². The second-order valence-electron chi connectivity index (χ2n) is 7.69. The maximum Gasteiger partial charge on any atom is 0.410 e. The van der Waals surface area contributed by atoms with Crippen LogP contribution in [0.2, 0.25) is 0 Å². The zero-order chi connectivity index (χ0) is 16.6. The number of rotatable bonds is 2. The fourth-order valence-electron chi connectivity index (χ4n) is 3.56. The van der Waals surface area contributed by atoms with Crippen molar-refractivity contribution in [2.75, 3.05) is 26.2 Å². The highest BCUT2D eigenvalue weighted by Gasteiger charge is 2.32. The van der Waals surface area contributed by atoms with Crippen molar-refractivity contribution >= 4 is 6.09 Å². The summed E-state index contributed by atoms with van der Waals surface area (Å²) in [4.78, 5) is 14.0. The van der Waals surface area contributed by atoms with Gasteiger partial charge in [-0.2, -0.15) is 5.10 Å². The molecule has 0 spiro atoms. The van der Waals surface area contributed by atoms with Crippen LogP contribution in [-0.2, 0) is 4.74 Å². The monoisotopic (exact) mass is 320 g/mol. The summed E-state index contributed by atoms with van der Waals surface area (Å²) < 4.78 is 7.58. The fraction of sp³-hybridized carbons (Fsp3) is 0.765. The highest BCUT2D eigenvalue weighted by atomic mass is 16.6. The minimum absolute atomic E-state index is 0.218. The first-order chi connectivity index (χ1) is 10.8. The highest BCUT2D eigenvalue weighted by Crippen LogP contribution is 2.29. The van der Waals surface area contributed by atoms with Crippen LogP contribution in [0.5, 0.6) is 0 Å². The molecule has 2 atom stereocenters. The quantitative estimate of drug-likeness (QED) is 0.909. The van der Waals surface area contributed by atoms with Crippen molar-refractivity contribution in [2.45, 2.75) is 58.1 Å². The first-order valence-corrected chi connectivity index (χ1v) is 8.58. The predicted molar refractivity (Wildman–Crippen MR) is 88.7 cm³/mol. The zero-order valence-corrected chi connectivity index (χ0v) is 14.6. The van der Waals surface area contributed by atoms with Gasteiger partial charge in [0.15, 0.2) is 0 Å². The minimum Gasteiger partial charge on any atom is -0.444 e. The predicted octanol–water partition coefficient (Wildman–Crippen LogP) is 2.45. The summed E-state index contributed by atoms with van der Waals surface area (Å²) in [5.41, 5.74) is 2.15. The van der Waals surface area contributed by atoms with Gasteiger partial charge in [-0.3, -0.25) is 4.68 Å². The molecule has 1 aromatic heterocycles. The van der Waals surface area contributed by atoms with Gasteiger partial charge in [-0.25, -0.2) is 4.79 Å². The molecule has 2 fully saturated rings. The molecular weight excluding hydrogens is 292 g/mol. The van der Waals surface area contributed by atoms with Crippen LogP contribution in [-0.4, -0.2) is 52.6 Å². The molecule has 0 aliphatic carbocycles. The maximum absolute atomic E-state index is 12.2. The Bertz CT molecular complexity index is 570. The molecule has 3 rings (SSSR count). The maximum atomic E-state index is 12.2. The molecule has 0 aromatic carbocycles. The number of likely N-dealkylation sites (tertiary alicyclic amines) is 1. The number of amides is 1. The summed E-state index contributed by atoms with van der Waals surface area (Å²) in [5, 5.41) is 8.03. The lowest BCUT2D eigenvalue weighted by Crippen LogP contribution is -2.35. The molecule has 23 heavy (non-hydrogen) atoms. The molecule has 1 amide bonds. The van der Waals surface area contributed by atoms with E-state index in [4.69, 9.17) is 4.74 Å². The van der Waals surface area contributed by atoms with Crippen molar-refractivity contribution in [1.82, 2.24) is 20.0 Å².